The lowest BCUT2D eigenvalue weighted by Crippen LogP contribution is -2.43. The number of pyridine rings is 2. The number of aromatic nitrogens is 2. The molecule has 0 bridgehead atoms. The predicted molar refractivity (Wildman–Crippen MR) is 164 cm³/mol. The highest BCUT2D eigenvalue weighted by Crippen LogP contribution is 2.40. The Morgan fingerprint density at radius 1 is 1.10 bits per heavy atom. The molecule has 2 aliphatic heterocycles. The minimum atomic E-state index is -0.713. The Balaban J connectivity index is 1.28. The molecule has 0 unspecified atom stereocenters. The third-order valence-corrected chi connectivity index (χ3v) is 9.01. The number of hydrogen-bond acceptors (Lipinski definition) is 8. The van der Waals surface area contributed by atoms with Gasteiger partial charge in [0.1, 0.15) is 5.75 Å². The maximum Gasteiger partial charge on any atom is 0.303 e. The first-order valence-electron chi connectivity index (χ1n) is 14.6. The number of benzene rings is 1. The highest BCUT2D eigenvalue weighted by Gasteiger charge is 2.36. The molecule has 2 aliphatic rings. The van der Waals surface area contributed by atoms with Gasteiger partial charge >= 0.3 is 5.97 Å². The van der Waals surface area contributed by atoms with Crippen LogP contribution in [0.4, 0.5) is 0 Å². The Bertz CT molecular complexity index is 1340. The van der Waals surface area contributed by atoms with Gasteiger partial charge in [0, 0.05) is 44.0 Å². The summed E-state index contributed by atoms with van der Waals surface area (Å²) in [5.41, 5.74) is 4.13. The fourth-order valence-electron chi connectivity index (χ4n) is 6.30. The second-order valence-electron chi connectivity index (χ2n) is 11.4. The summed E-state index contributed by atoms with van der Waals surface area (Å²) >= 11 is 5.66. The van der Waals surface area contributed by atoms with Crippen molar-refractivity contribution in [3.8, 4) is 5.75 Å². The molecular formula is C32H40N4O4S. The van der Waals surface area contributed by atoms with Gasteiger partial charge in [-0.05, 0) is 92.1 Å². The Morgan fingerprint density at radius 3 is 2.61 bits per heavy atom. The summed E-state index contributed by atoms with van der Waals surface area (Å²) < 4.78 is 11.1. The van der Waals surface area contributed by atoms with Crippen LogP contribution in [0.15, 0.2) is 48.8 Å². The van der Waals surface area contributed by atoms with Crippen molar-refractivity contribution in [2.24, 2.45) is 5.41 Å². The molecular weight excluding hydrogens is 536 g/mol. The molecule has 0 spiro atoms. The number of ether oxygens (including phenoxy) is 2. The van der Waals surface area contributed by atoms with Gasteiger partial charge < -0.3 is 14.6 Å². The molecule has 4 heterocycles. The van der Waals surface area contributed by atoms with Crippen LogP contribution in [0.5, 0.6) is 5.75 Å². The third kappa shape index (κ3) is 7.65. The van der Waals surface area contributed by atoms with E-state index in [0.717, 1.165) is 105 Å². The number of nitrogens with zero attached hydrogens (tertiary/aromatic N) is 4. The summed E-state index contributed by atoms with van der Waals surface area (Å²) in [6.07, 6.45) is 8.39. The summed E-state index contributed by atoms with van der Waals surface area (Å²) in [7, 11) is 1.69. The van der Waals surface area contributed by atoms with Gasteiger partial charge in [-0.1, -0.05) is 18.3 Å². The molecule has 1 aromatic carbocycles. The van der Waals surface area contributed by atoms with E-state index in [-0.39, 0.29) is 11.8 Å². The van der Waals surface area contributed by atoms with Gasteiger partial charge in [0.15, 0.2) is 0 Å². The van der Waals surface area contributed by atoms with Crippen molar-refractivity contribution in [2.45, 2.75) is 45.1 Å². The quantitative estimate of drug-likeness (QED) is 0.242. The van der Waals surface area contributed by atoms with Crippen molar-refractivity contribution >= 4 is 34.0 Å². The van der Waals surface area contributed by atoms with Crippen LogP contribution in [0.1, 0.15) is 48.9 Å². The van der Waals surface area contributed by atoms with Crippen LogP contribution in [0, 0.1) is 5.41 Å². The molecule has 3 aromatic rings. The van der Waals surface area contributed by atoms with E-state index in [1.165, 1.54) is 11.1 Å². The number of likely N-dealkylation sites (tertiary alicyclic amines) is 1. The minimum Gasteiger partial charge on any atom is -0.497 e. The summed E-state index contributed by atoms with van der Waals surface area (Å²) in [5, 5.41) is 11.0. The first-order valence-corrected chi connectivity index (χ1v) is 15.0. The molecule has 0 atom stereocenters. The molecule has 0 radical (unpaired) electrons. The predicted octanol–water partition coefficient (Wildman–Crippen LogP) is 4.77. The molecule has 2 fully saturated rings. The first kappa shape index (κ1) is 29.5. The summed E-state index contributed by atoms with van der Waals surface area (Å²) in [6, 6.07) is 11.9. The van der Waals surface area contributed by atoms with Crippen molar-refractivity contribution in [2.75, 3.05) is 53.0 Å². The molecule has 8 nitrogen and oxygen atoms in total. The largest absolute Gasteiger partial charge is 0.497 e. The van der Waals surface area contributed by atoms with Crippen LogP contribution < -0.4 is 4.74 Å². The first-order chi connectivity index (χ1) is 19.9. The van der Waals surface area contributed by atoms with Gasteiger partial charge in [-0.15, -0.1) is 0 Å². The van der Waals surface area contributed by atoms with Gasteiger partial charge in [0.25, 0.3) is 0 Å². The number of methoxy groups -OCH3 is 1. The van der Waals surface area contributed by atoms with E-state index in [1.807, 2.05) is 36.5 Å². The zero-order chi connectivity index (χ0) is 28.7. The monoisotopic (exact) mass is 576 g/mol. The van der Waals surface area contributed by atoms with E-state index < -0.39 is 5.97 Å². The number of rotatable bonds is 12. The minimum absolute atomic E-state index is 0.205. The Kier molecular flexibility index (Phi) is 9.92. The fraction of sp³-hybridized carbons (Fsp3) is 0.500. The molecule has 5 rings (SSSR count). The highest BCUT2D eigenvalue weighted by molar-refractivity contribution is 7.80. The average molecular weight is 577 g/mol. The molecule has 9 heteroatoms. The van der Waals surface area contributed by atoms with E-state index in [1.54, 1.807) is 13.3 Å². The van der Waals surface area contributed by atoms with E-state index in [9.17, 15) is 9.90 Å². The number of thiocarbonyl (C=S) groups is 1. The zero-order valence-electron chi connectivity index (χ0n) is 23.9. The molecule has 2 saturated heterocycles. The van der Waals surface area contributed by atoms with Crippen molar-refractivity contribution in [3.05, 3.63) is 65.6 Å². The SMILES string of the molecule is COc1ccc2ncc(CN3CCOCC3)c(CCCC3(CC(=O)O)CCN(CC(=S)c4ccccn4)CC3)c2c1. The van der Waals surface area contributed by atoms with Crippen LogP contribution in [0.25, 0.3) is 10.9 Å². The van der Waals surface area contributed by atoms with Gasteiger partial charge in [-0.3, -0.25) is 24.6 Å². The smallest absolute Gasteiger partial charge is 0.303 e. The number of piperidine rings is 1. The second kappa shape index (κ2) is 13.8. The number of carboxylic acids is 1. The summed E-state index contributed by atoms with van der Waals surface area (Å²) in [6.45, 7) is 6.55. The van der Waals surface area contributed by atoms with Gasteiger partial charge in [0.2, 0.25) is 0 Å². The number of fused-ring (bicyclic) bond motifs is 1. The van der Waals surface area contributed by atoms with E-state index in [4.69, 9.17) is 26.7 Å². The maximum absolute atomic E-state index is 12.0. The van der Waals surface area contributed by atoms with Crippen LogP contribution in [0.2, 0.25) is 0 Å². The lowest BCUT2D eigenvalue weighted by atomic mass is 9.71. The molecule has 0 aliphatic carbocycles. The Morgan fingerprint density at radius 2 is 1.90 bits per heavy atom. The van der Waals surface area contributed by atoms with E-state index >= 15 is 0 Å². The van der Waals surface area contributed by atoms with Gasteiger partial charge in [0.05, 0.1) is 42.8 Å². The van der Waals surface area contributed by atoms with Gasteiger partial charge in [-0.2, -0.15) is 0 Å². The van der Waals surface area contributed by atoms with E-state index in [2.05, 4.69) is 20.9 Å². The average Bonchev–Trinajstić information content (AvgIpc) is 2.99. The zero-order valence-corrected chi connectivity index (χ0v) is 24.7. The Labute approximate surface area is 247 Å². The van der Waals surface area contributed by atoms with Crippen molar-refractivity contribution in [3.63, 3.8) is 0 Å². The number of carbonyl (C=O) groups is 1. The molecule has 41 heavy (non-hydrogen) atoms. The molecule has 0 saturated carbocycles. The lowest BCUT2D eigenvalue weighted by Gasteiger charge is -2.41. The molecule has 218 valence electrons. The number of hydrogen-bond donors (Lipinski definition) is 1. The number of morpholine rings is 1. The molecule has 2 aromatic heterocycles. The Hall–Kier alpha value is -2.98. The van der Waals surface area contributed by atoms with Crippen molar-refractivity contribution < 1.29 is 19.4 Å². The van der Waals surface area contributed by atoms with Crippen LogP contribution >= 0.6 is 12.2 Å². The molecule has 1 N–H and O–H groups in total. The van der Waals surface area contributed by atoms with Gasteiger partial charge in [-0.25, -0.2) is 0 Å². The number of aryl methyl sites for hydroxylation is 1. The standard InChI is InChI=1S/C32H40N4O4S/c1-39-25-7-8-28-27(19-25)26(24(21-34-28)22-36-15-17-40-18-16-36)5-4-9-32(20-31(37)38)10-13-35(14-11-32)23-30(41)29-6-2-3-12-33-29/h2-3,6-8,12,19,21H,4-5,9-11,13-18,20,22-23H2,1H3,(H,37,38). The number of carboxylic acid groups (broad SMARTS) is 1. The van der Waals surface area contributed by atoms with Crippen molar-refractivity contribution in [1.82, 2.24) is 19.8 Å². The normalized spacial score (nSPS) is 17.9. The number of aliphatic carboxylic acids is 1. The summed E-state index contributed by atoms with van der Waals surface area (Å²) in [5.74, 6) is 0.108. The lowest BCUT2D eigenvalue weighted by molar-refractivity contribution is -0.140. The van der Waals surface area contributed by atoms with Crippen LogP contribution in [0.3, 0.4) is 0 Å². The van der Waals surface area contributed by atoms with Crippen LogP contribution in [-0.4, -0.2) is 88.8 Å². The topological polar surface area (TPSA) is 88.0 Å². The maximum atomic E-state index is 12.0. The van der Waals surface area contributed by atoms with Crippen molar-refractivity contribution in [1.29, 1.82) is 0 Å². The second-order valence-corrected chi connectivity index (χ2v) is 11.9. The summed E-state index contributed by atoms with van der Waals surface area (Å²) in [4.78, 5) is 26.8. The fourth-order valence-corrected chi connectivity index (χ4v) is 6.60. The molecule has 0 amide bonds. The highest BCUT2D eigenvalue weighted by atomic mass is 32.1. The van der Waals surface area contributed by atoms with Crippen LogP contribution in [-0.2, 0) is 22.5 Å². The third-order valence-electron chi connectivity index (χ3n) is 8.67. The van der Waals surface area contributed by atoms with E-state index in [0.29, 0.717) is 6.54 Å².